The first-order chi connectivity index (χ1) is 27.9. The zero-order chi connectivity index (χ0) is 42.9. The highest BCUT2D eigenvalue weighted by Gasteiger charge is 2.51. The van der Waals surface area contributed by atoms with Gasteiger partial charge in [0.15, 0.2) is 6.10 Å². The number of ether oxygens (including phenoxy) is 2. The van der Waals surface area contributed by atoms with Crippen molar-refractivity contribution in [3.8, 4) is 0 Å². The number of allylic oxidation sites excluding steroid dienone is 14. The van der Waals surface area contributed by atoms with Gasteiger partial charge in [-0.25, -0.2) is 4.57 Å². The van der Waals surface area contributed by atoms with E-state index in [2.05, 4.69) is 68.5 Å². The van der Waals surface area contributed by atoms with Crippen LogP contribution in [-0.2, 0) is 32.7 Å². The van der Waals surface area contributed by atoms with Gasteiger partial charge in [0.05, 0.1) is 6.61 Å². The number of phosphoric acid groups is 1. The van der Waals surface area contributed by atoms with E-state index in [1.165, 1.54) is 38.5 Å². The van der Waals surface area contributed by atoms with E-state index in [-0.39, 0.29) is 12.8 Å². The van der Waals surface area contributed by atoms with Gasteiger partial charge in [-0.15, -0.1) is 0 Å². The second-order valence-electron chi connectivity index (χ2n) is 14.1. The average molecular weight is 839 g/mol. The summed E-state index contributed by atoms with van der Waals surface area (Å²) >= 11 is 0. The number of carbonyl (C=O) groups is 2. The molecule has 0 aromatic rings. The molecule has 1 aliphatic carbocycles. The molecule has 1 rings (SSSR count). The Morgan fingerprint density at radius 2 is 0.983 bits per heavy atom. The highest BCUT2D eigenvalue weighted by Crippen LogP contribution is 2.47. The number of unbranched alkanes of at least 4 members (excludes halogenated alkanes) is 6. The fourth-order valence-electron chi connectivity index (χ4n) is 5.62. The molecule has 7 unspecified atom stereocenters. The molecule has 1 aliphatic rings. The lowest BCUT2D eigenvalue weighted by atomic mass is 9.85. The number of esters is 2. The summed E-state index contributed by atoms with van der Waals surface area (Å²) in [5, 5.41) is 50.0. The number of aliphatic hydroxyl groups excluding tert-OH is 5. The molecule has 6 N–H and O–H groups in total. The molecule has 1 saturated carbocycles. The maximum Gasteiger partial charge on any atom is 0.472 e. The quantitative estimate of drug-likeness (QED) is 0.0170. The van der Waals surface area contributed by atoms with Crippen LogP contribution in [0.25, 0.3) is 0 Å². The molecule has 330 valence electrons. The SMILES string of the molecule is CC/C=C/C/C=C/C/C=C/C/C=C/C/C=C/CCC(=O)OCC(COP(=O)(O)OC1C(O)C(O)C(O)[C@H](O)C1O)OC(=O)CC/C=C/C/C=C/CCCCCCCC. The first kappa shape index (κ1) is 53.0. The van der Waals surface area contributed by atoms with Gasteiger partial charge >= 0.3 is 19.8 Å². The summed E-state index contributed by atoms with van der Waals surface area (Å²) in [6.07, 6.45) is 29.7. The standard InChI is InChI=1S/C44H71O13P/c1-3-5-7-9-11-13-15-17-18-19-21-22-24-26-28-30-32-37(45)54-34-36(35-55-58(52,53)57-44-42(50)40(48)39(47)41(49)43(44)51)56-38(46)33-31-29-27-25-23-20-16-14-12-10-8-6-4-2/h5,7,11,13,17-18,20-23,26-29,36,39-44,47-51H,3-4,6,8-10,12,14-16,19,24-25,30-35H2,1-2H3,(H,52,53)/b7-5+,13-11+,18-17+,22-21+,23-20+,28-26+,29-27+/t36?,39?,40-,41?,42?,43?,44?/m0/s1. The van der Waals surface area contributed by atoms with Crippen LogP contribution >= 0.6 is 7.82 Å². The molecular weight excluding hydrogens is 767 g/mol. The molecule has 1 fully saturated rings. The fraction of sp³-hybridized carbons (Fsp3) is 0.636. The number of hydrogen-bond acceptors (Lipinski definition) is 12. The summed E-state index contributed by atoms with van der Waals surface area (Å²) in [7, 11) is -5.15. The maximum atomic E-state index is 12.8. The number of phosphoric ester groups is 1. The van der Waals surface area contributed by atoms with Gasteiger partial charge in [-0.05, 0) is 64.2 Å². The Bertz CT molecular complexity index is 1340. The largest absolute Gasteiger partial charge is 0.472 e. The smallest absolute Gasteiger partial charge is 0.462 e. The molecular formula is C44H71O13P. The van der Waals surface area contributed by atoms with Crippen LogP contribution in [0, 0.1) is 0 Å². The lowest BCUT2D eigenvalue weighted by Crippen LogP contribution is -2.64. The Morgan fingerprint density at radius 1 is 0.552 bits per heavy atom. The van der Waals surface area contributed by atoms with Crippen molar-refractivity contribution in [2.45, 2.75) is 166 Å². The number of hydrogen-bond donors (Lipinski definition) is 6. The molecule has 0 aliphatic heterocycles. The molecule has 8 atom stereocenters. The van der Waals surface area contributed by atoms with E-state index < -0.39 is 75.7 Å². The van der Waals surface area contributed by atoms with Crippen LogP contribution in [0.5, 0.6) is 0 Å². The van der Waals surface area contributed by atoms with E-state index in [0.717, 1.165) is 38.5 Å². The summed E-state index contributed by atoms with van der Waals surface area (Å²) < 4.78 is 33.2. The molecule has 58 heavy (non-hydrogen) atoms. The topological polar surface area (TPSA) is 210 Å². The third kappa shape index (κ3) is 26.2. The summed E-state index contributed by atoms with van der Waals surface area (Å²) in [4.78, 5) is 35.5. The molecule has 14 heteroatoms. The average Bonchev–Trinajstić information content (AvgIpc) is 3.20. The molecule has 0 heterocycles. The summed E-state index contributed by atoms with van der Waals surface area (Å²) in [5.41, 5.74) is 0. The monoisotopic (exact) mass is 838 g/mol. The van der Waals surface area contributed by atoms with Crippen LogP contribution in [0.15, 0.2) is 85.1 Å². The number of rotatable bonds is 32. The summed E-state index contributed by atoms with van der Waals surface area (Å²) in [5.74, 6) is -1.29. The van der Waals surface area contributed by atoms with Crippen LogP contribution in [0.2, 0.25) is 0 Å². The molecule has 0 spiro atoms. The first-order valence-corrected chi connectivity index (χ1v) is 22.4. The minimum Gasteiger partial charge on any atom is -0.462 e. The van der Waals surface area contributed by atoms with Crippen LogP contribution < -0.4 is 0 Å². The highest BCUT2D eigenvalue weighted by atomic mass is 31.2. The highest BCUT2D eigenvalue weighted by molar-refractivity contribution is 7.47. The van der Waals surface area contributed by atoms with E-state index in [4.69, 9.17) is 18.5 Å². The first-order valence-electron chi connectivity index (χ1n) is 20.9. The predicted molar refractivity (Wildman–Crippen MR) is 225 cm³/mol. The molecule has 0 amide bonds. The number of carbonyl (C=O) groups excluding carboxylic acids is 2. The van der Waals surface area contributed by atoms with Crippen molar-refractivity contribution in [2.24, 2.45) is 0 Å². The Balaban J connectivity index is 2.61. The lowest BCUT2D eigenvalue weighted by molar-refractivity contribution is -0.220. The van der Waals surface area contributed by atoms with Crippen molar-refractivity contribution in [3.05, 3.63) is 85.1 Å². The van der Waals surface area contributed by atoms with Gasteiger partial charge in [0.2, 0.25) is 0 Å². The third-order valence-electron chi connectivity index (χ3n) is 9.00. The van der Waals surface area contributed by atoms with Gasteiger partial charge in [-0.3, -0.25) is 18.6 Å². The third-order valence-corrected chi connectivity index (χ3v) is 9.98. The van der Waals surface area contributed by atoms with Gasteiger partial charge in [-0.2, -0.15) is 0 Å². The van der Waals surface area contributed by atoms with Crippen LogP contribution in [0.4, 0.5) is 0 Å². The van der Waals surface area contributed by atoms with Crippen LogP contribution in [0.3, 0.4) is 0 Å². The van der Waals surface area contributed by atoms with E-state index in [9.17, 15) is 44.6 Å². The van der Waals surface area contributed by atoms with Gasteiger partial charge in [0, 0.05) is 12.8 Å². The minimum absolute atomic E-state index is 0.0278. The van der Waals surface area contributed by atoms with Gasteiger partial charge in [-0.1, -0.05) is 131 Å². The van der Waals surface area contributed by atoms with E-state index >= 15 is 0 Å². The second-order valence-corrected chi connectivity index (χ2v) is 15.5. The van der Waals surface area contributed by atoms with E-state index in [1.807, 2.05) is 30.4 Å². The summed E-state index contributed by atoms with van der Waals surface area (Å²) in [6, 6.07) is 0. The normalized spacial score (nSPS) is 23.4. The van der Waals surface area contributed by atoms with Crippen molar-refractivity contribution in [2.75, 3.05) is 13.2 Å². The molecule has 0 radical (unpaired) electrons. The molecule has 0 aromatic heterocycles. The maximum absolute atomic E-state index is 12.8. The summed E-state index contributed by atoms with van der Waals surface area (Å²) in [6.45, 7) is 3.02. The van der Waals surface area contributed by atoms with Crippen molar-refractivity contribution >= 4 is 19.8 Å². The zero-order valence-electron chi connectivity index (χ0n) is 34.5. The molecule has 0 saturated heterocycles. The van der Waals surface area contributed by atoms with Crippen LogP contribution in [-0.4, -0.2) is 98.3 Å². The zero-order valence-corrected chi connectivity index (χ0v) is 35.4. The van der Waals surface area contributed by atoms with Crippen molar-refractivity contribution in [1.29, 1.82) is 0 Å². The lowest BCUT2D eigenvalue weighted by Gasteiger charge is -2.41. The second kappa shape index (κ2) is 33.8. The van der Waals surface area contributed by atoms with Crippen molar-refractivity contribution in [1.82, 2.24) is 0 Å². The van der Waals surface area contributed by atoms with E-state index in [0.29, 0.717) is 19.3 Å². The van der Waals surface area contributed by atoms with Gasteiger partial charge in [0.1, 0.15) is 43.2 Å². The van der Waals surface area contributed by atoms with Gasteiger partial charge < -0.3 is 39.9 Å². The Labute approximate surface area is 346 Å². The van der Waals surface area contributed by atoms with Crippen LogP contribution in [0.1, 0.15) is 123 Å². The molecule has 13 nitrogen and oxygen atoms in total. The van der Waals surface area contributed by atoms with Gasteiger partial charge in [0.25, 0.3) is 0 Å². The predicted octanol–water partition coefficient (Wildman–Crippen LogP) is 7.33. The van der Waals surface area contributed by atoms with E-state index in [1.54, 1.807) is 0 Å². The Hall–Kier alpha value is -2.97. The Morgan fingerprint density at radius 3 is 1.50 bits per heavy atom. The van der Waals surface area contributed by atoms with Crippen molar-refractivity contribution in [3.63, 3.8) is 0 Å². The molecule has 0 bridgehead atoms. The molecule has 0 aromatic carbocycles. The number of aliphatic hydroxyl groups is 5. The van der Waals surface area contributed by atoms with Crippen molar-refractivity contribution < 1.29 is 63.1 Å². The minimum atomic E-state index is -5.15. The fourth-order valence-corrected chi connectivity index (χ4v) is 6.59. The Kier molecular flexibility index (Phi) is 30.9.